The third kappa shape index (κ3) is 5.29. The Labute approximate surface area is 220 Å². The van der Waals surface area contributed by atoms with Crippen molar-refractivity contribution in [1.29, 1.82) is 0 Å². The van der Waals surface area contributed by atoms with Gasteiger partial charge in [-0.15, -0.1) is 0 Å². The minimum Gasteiger partial charge on any atom is -0.396 e. The van der Waals surface area contributed by atoms with E-state index in [0.717, 1.165) is 64.6 Å². The third-order valence-electron chi connectivity index (χ3n) is 11.7. The molecule has 6 nitrogen and oxygen atoms in total. The molecule has 0 unspecified atom stereocenters. The standard InChI is InChI=1S/C30H56N2O4/c1-20(7-4-14-33)23-8-9-24-28-25(19-27(34)30(23,24)3)29(2)11-10-22(35-15-5-12-31)17-21(29)18-26(28)36-16-6-13-32/h20-28,33-34H,4-19,31-32H2,1-3H3/t20-,21+,22-,23-,24+,25+,26-,27+,28+,29+,30-/m1/s1. The number of hydrogen-bond donors (Lipinski definition) is 4. The van der Waals surface area contributed by atoms with E-state index < -0.39 is 0 Å². The van der Waals surface area contributed by atoms with E-state index in [1.165, 1.54) is 19.3 Å². The van der Waals surface area contributed by atoms with Gasteiger partial charge in [-0.05, 0) is 130 Å². The number of fused-ring (bicyclic) bond motifs is 5. The van der Waals surface area contributed by atoms with Crippen molar-refractivity contribution in [3.63, 3.8) is 0 Å². The Morgan fingerprint density at radius 2 is 1.64 bits per heavy atom. The number of aliphatic hydroxyl groups excluding tert-OH is 2. The highest BCUT2D eigenvalue weighted by Crippen LogP contribution is 2.68. The molecule has 0 heterocycles. The summed E-state index contributed by atoms with van der Waals surface area (Å²) < 4.78 is 13.0. The van der Waals surface area contributed by atoms with Crippen LogP contribution in [0.25, 0.3) is 0 Å². The van der Waals surface area contributed by atoms with Crippen LogP contribution in [0.5, 0.6) is 0 Å². The van der Waals surface area contributed by atoms with Gasteiger partial charge in [0.05, 0.1) is 18.3 Å². The van der Waals surface area contributed by atoms with Crippen LogP contribution in [-0.4, -0.2) is 61.4 Å². The van der Waals surface area contributed by atoms with Crippen molar-refractivity contribution in [3.05, 3.63) is 0 Å². The quantitative estimate of drug-likeness (QED) is 0.295. The van der Waals surface area contributed by atoms with Crippen LogP contribution in [0, 0.1) is 46.3 Å². The first-order chi connectivity index (χ1) is 17.3. The largest absolute Gasteiger partial charge is 0.396 e. The van der Waals surface area contributed by atoms with Crippen molar-refractivity contribution in [2.45, 2.75) is 110 Å². The average Bonchev–Trinajstić information content (AvgIpc) is 3.22. The molecule has 4 fully saturated rings. The molecule has 0 aromatic carbocycles. The summed E-state index contributed by atoms with van der Waals surface area (Å²) in [6.45, 7) is 10.4. The molecule has 0 spiro atoms. The minimum atomic E-state index is -0.258. The van der Waals surface area contributed by atoms with E-state index in [4.69, 9.17) is 20.9 Å². The molecule has 0 radical (unpaired) electrons. The molecule has 36 heavy (non-hydrogen) atoms. The summed E-state index contributed by atoms with van der Waals surface area (Å²) in [5.41, 5.74) is 11.7. The molecule has 6 heteroatoms. The monoisotopic (exact) mass is 508 g/mol. The van der Waals surface area contributed by atoms with Gasteiger partial charge in [0.2, 0.25) is 0 Å². The minimum absolute atomic E-state index is 0.0583. The summed E-state index contributed by atoms with van der Waals surface area (Å²) in [6.07, 6.45) is 11.9. The number of aliphatic hydroxyl groups is 2. The van der Waals surface area contributed by atoms with Crippen molar-refractivity contribution in [3.8, 4) is 0 Å². The van der Waals surface area contributed by atoms with Gasteiger partial charge in [-0.3, -0.25) is 0 Å². The maximum absolute atomic E-state index is 11.9. The Morgan fingerprint density at radius 1 is 0.917 bits per heavy atom. The SMILES string of the molecule is C[C@H](CCCO)[C@H]1CC[C@H]2[C@@H]3[C@H](OCCCN)C[C@@H]4C[C@H](OCCCN)CC[C@]4(C)[C@H]3C[C@H](O)[C@]12C. The highest BCUT2D eigenvalue weighted by molar-refractivity contribution is 5.14. The lowest BCUT2D eigenvalue weighted by Gasteiger charge is -2.64. The van der Waals surface area contributed by atoms with Crippen molar-refractivity contribution in [1.82, 2.24) is 0 Å². The van der Waals surface area contributed by atoms with Crippen molar-refractivity contribution in [2.24, 2.45) is 57.8 Å². The summed E-state index contributed by atoms with van der Waals surface area (Å²) >= 11 is 0. The first-order valence-corrected chi connectivity index (χ1v) is 15.2. The van der Waals surface area contributed by atoms with Crippen molar-refractivity contribution < 1.29 is 19.7 Å². The number of rotatable bonds is 12. The normalized spacial score (nSPS) is 45.1. The van der Waals surface area contributed by atoms with E-state index in [9.17, 15) is 10.2 Å². The maximum Gasteiger partial charge on any atom is 0.0611 e. The Kier molecular flexibility index (Phi) is 9.82. The number of nitrogens with two attached hydrogens (primary N) is 2. The lowest BCUT2D eigenvalue weighted by molar-refractivity contribution is -0.218. The van der Waals surface area contributed by atoms with E-state index in [1.54, 1.807) is 0 Å². The molecule has 6 N–H and O–H groups in total. The Bertz CT molecular complexity index is 694. The zero-order valence-corrected chi connectivity index (χ0v) is 23.4. The van der Waals surface area contributed by atoms with Gasteiger partial charge in [-0.2, -0.15) is 0 Å². The van der Waals surface area contributed by atoms with Gasteiger partial charge in [-0.25, -0.2) is 0 Å². The second-order valence-corrected chi connectivity index (χ2v) is 13.3. The number of ether oxygens (including phenoxy) is 2. The molecular weight excluding hydrogens is 452 g/mol. The average molecular weight is 509 g/mol. The summed E-state index contributed by atoms with van der Waals surface area (Å²) in [5, 5.41) is 21.3. The fourth-order valence-corrected chi connectivity index (χ4v) is 9.68. The molecule has 0 aromatic rings. The highest BCUT2D eigenvalue weighted by Gasteiger charge is 2.66. The fraction of sp³-hybridized carbons (Fsp3) is 1.00. The predicted molar refractivity (Wildman–Crippen MR) is 144 cm³/mol. The lowest BCUT2D eigenvalue weighted by Crippen LogP contribution is -2.62. The van der Waals surface area contributed by atoms with Crippen LogP contribution in [0.15, 0.2) is 0 Å². The molecule has 4 aliphatic carbocycles. The highest BCUT2D eigenvalue weighted by atomic mass is 16.5. The topological polar surface area (TPSA) is 111 Å². The second-order valence-electron chi connectivity index (χ2n) is 13.3. The molecule has 0 saturated heterocycles. The Hall–Kier alpha value is -0.240. The molecule has 4 aliphatic rings. The molecule has 0 bridgehead atoms. The van der Waals surface area contributed by atoms with Crippen LogP contribution in [0.3, 0.4) is 0 Å². The van der Waals surface area contributed by atoms with E-state index in [0.29, 0.717) is 54.7 Å². The van der Waals surface area contributed by atoms with Crippen LogP contribution in [0.4, 0.5) is 0 Å². The van der Waals surface area contributed by atoms with E-state index in [1.807, 2.05) is 0 Å². The first-order valence-electron chi connectivity index (χ1n) is 15.2. The summed E-state index contributed by atoms with van der Waals surface area (Å²) in [7, 11) is 0. The van der Waals surface area contributed by atoms with Gasteiger partial charge in [-0.1, -0.05) is 20.8 Å². The summed E-state index contributed by atoms with van der Waals surface area (Å²) in [4.78, 5) is 0. The van der Waals surface area contributed by atoms with E-state index in [2.05, 4.69) is 20.8 Å². The molecule has 0 aromatic heterocycles. The predicted octanol–water partition coefficient (Wildman–Crippen LogP) is 4.10. The maximum atomic E-state index is 11.9. The van der Waals surface area contributed by atoms with Gasteiger partial charge >= 0.3 is 0 Å². The molecule has 210 valence electrons. The van der Waals surface area contributed by atoms with E-state index >= 15 is 0 Å². The molecule has 4 saturated carbocycles. The van der Waals surface area contributed by atoms with Crippen LogP contribution in [0.2, 0.25) is 0 Å². The van der Waals surface area contributed by atoms with Gasteiger partial charge in [0, 0.05) is 19.8 Å². The molecule has 0 aliphatic heterocycles. The van der Waals surface area contributed by atoms with Gasteiger partial charge in [0.15, 0.2) is 0 Å². The van der Waals surface area contributed by atoms with E-state index in [-0.39, 0.29) is 29.6 Å². The van der Waals surface area contributed by atoms with Crippen LogP contribution >= 0.6 is 0 Å². The third-order valence-corrected chi connectivity index (χ3v) is 11.7. The van der Waals surface area contributed by atoms with Gasteiger partial charge in [0.1, 0.15) is 0 Å². The van der Waals surface area contributed by atoms with Gasteiger partial charge in [0.25, 0.3) is 0 Å². The zero-order valence-electron chi connectivity index (χ0n) is 23.4. The van der Waals surface area contributed by atoms with Crippen LogP contribution in [-0.2, 0) is 9.47 Å². The Balaban J connectivity index is 1.58. The molecule has 11 atom stereocenters. The molecular formula is C30H56N2O4. The second kappa shape index (κ2) is 12.3. The van der Waals surface area contributed by atoms with Crippen molar-refractivity contribution in [2.75, 3.05) is 32.9 Å². The summed E-state index contributed by atoms with van der Waals surface area (Å²) in [5.74, 6) is 3.16. The summed E-state index contributed by atoms with van der Waals surface area (Å²) in [6, 6.07) is 0. The van der Waals surface area contributed by atoms with Gasteiger partial charge < -0.3 is 31.2 Å². The van der Waals surface area contributed by atoms with Crippen molar-refractivity contribution >= 4 is 0 Å². The van der Waals surface area contributed by atoms with Crippen LogP contribution < -0.4 is 11.5 Å². The Morgan fingerprint density at radius 3 is 2.33 bits per heavy atom. The zero-order chi connectivity index (χ0) is 25.9. The smallest absolute Gasteiger partial charge is 0.0611 e. The lowest BCUT2D eigenvalue weighted by atomic mass is 9.43. The number of hydrogen-bond acceptors (Lipinski definition) is 6. The first kappa shape index (κ1) is 28.8. The fourth-order valence-electron chi connectivity index (χ4n) is 9.68. The molecule has 0 amide bonds. The van der Waals surface area contributed by atoms with Crippen LogP contribution in [0.1, 0.15) is 91.4 Å². The molecule has 4 rings (SSSR count).